The summed E-state index contributed by atoms with van der Waals surface area (Å²) in [5, 5.41) is 0. The number of rotatable bonds is 8. The number of hydrogen-bond acceptors (Lipinski definition) is 6. The smallest absolute Gasteiger partial charge is 0.343 e. The highest BCUT2D eigenvalue weighted by Crippen LogP contribution is 2.25. The summed E-state index contributed by atoms with van der Waals surface area (Å²) < 4.78 is 20.2. The highest BCUT2D eigenvalue weighted by atomic mass is 16.5. The maximum Gasteiger partial charge on any atom is 0.343 e. The van der Waals surface area contributed by atoms with Gasteiger partial charge in [0.2, 0.25) is 0 Å². The second kappa shape index (κ2) is 8.34. The SMILES string of the molecule is COCCOCCOc1cccc(N)c1C(=O)OC. The average Bonchev–Trinajstić information content (AvgIpc) is 2.42. The summed E-state index contributed by atoms with van der Waals surface area (Å²) in [7, 11) is 2.90. The number of carbonyl (C=O) groups is 1. The molecule has 1 rings (SSSR count). The van der Waals surface area contributed by atoms with Gasteiger partial charge in [0.05, 0.1) is 26.9 Å². The largest absolute Gasteiger partial charge is 0.490 e. The van der Waals surface area contributed by atoms with E-state index < -0.39 is 5.97 Å². The number of hydrogen-bond donors (Lipinski definition) is 1. The summed E-state index contributed by atoms with van der Waals surface area (Å²) in [6.07, 6.45) is 0. The van der Waals surface area contributed by atoms with Crippen LogP contribution in [0.25, 0.3) is 0 Å². The van der Waals surface area contributed by atoms with E-state index in [1.165, 1.54) is 7.11 Å². The van der Waals surface area contributed by atoms with Gasteiger partial charge in [0.1, 0.15) is 17.9 Å². The van der Waals surface area contributed by atoms with Gasteiger partial charge in [0, 0.05) is 12.8 Å². The quantitative estimate of drug-likeness (QED) is 0.432. The average molecular weight is 269 g/mol. The Bertz CT molecular complexity index is 408. The Morgan fingerprint density at radius 2 is 1.89 bits per heavy atom. The van der Waals surface area contributed by atoms with Crippen molar-refractivity contribution in [2.45, 2.75) is 0 Å². The minimum Gasteiger partial charge on any atom is -0.490 e. The van der Waals surface area contributed by atoms with E-state index >= 15 is 0 Å². The molecule has 0 saturated heterocycles. The molecule has 0 aliphatic carbocycles. The van der Waals surface area contributed by atoms with Crippen LogP contribution < -0.4 is 10.5 Å². The molecule has 0 bridgehead atoms. The van der Waals surface area contributed by atoms with Crippen molar-refractivity contribution in [2.75, 3.05) is 46.4 Å². The molecule has 0 fully saturated rings. The lowest BCUT2D eigenvalue weighted by molar-refractivity contribution is 0.0524. The third-order valence-corrected chi connectivity index (χ3v) is 2.37. The van der Waals surface area contributed by atoms with Gasteiger partial charge in [-0.25, -0.2) is 4.79 Å². The fourth-order valence-corrected chi connectivity index (χ4v) is 1.44. The third-order valence-electron chi connectivity index (χ3n) is 2.37. The van der Waals surface area contributed by atoms with E-state index in [1.54, 1.807) is 25.3 Å². The van der Waals surface area contributed by atoms with Gasteiger partial charge >= 0.3 is 5.97 Å². The first-order valence-corrected chi connectivity index (χ1v) is 5.87. The third kappa shape index (κ3) is 4.76. The van der Waals surface area contributed by atoms with Crippen molar-refractivity contribution >= 4 is 11.7 Å². The van der Waals surface area contributed by atoms with Crippen LogP contribution in [0.3, 0.4) is 0 Å². The van der Waals surface area contributed by atoms with Crippen molar-refractivity contribution in [3.05, 3.63) is 23.8 Å². The first-order chi connectivity index (χ1) is 9.20. The number of nitrogen functional groups attached to an aromatic ring is 1. The molecule has 0 saturated carbocycles. The number of anilines is 1. The Hall–Kier alpha value is -1.79. The van der Waals surface area contributed by atoms with Gasteiger partial charge in [-0.3, -0.25) is 0 Å². The van der Waals surface area contributed by atoms with Gasteiger partial charge in [-0.15, -0.1) is 0 Å². The molecule has 0 atom stereocenters. The molecule has 0 heterocycles. The molecule has 1 aromatic rings. The minimum absolute atomic E-state index is 0.238. The normalized spacial score (nSPS) is 10.2. The highest BCUT2D eigenvalue weighted by molar-refractivity contribution is 5.98. The van der Waals surface area contributed by atoms with Crippen LogP contribution in [-0.4, -0.2) is 46.6 Å². The molecule has 0 aliphatic rings. The van der Waals surface area contributed by atoms with Gasteiger partial charge in [-0.1, -0.05) is 6.07 Å². The summed E-state index contributed by atoms with van der Waals surface area (Å²) >= 11 is 0. The highest BCUT2D eigenvalue weighted by Gasteiger charge is 2.16. The minimum atomic E-state index is -0.520. The lowest BCUT2D eigenvalue weighted by atomic mass is 10.1. The molecule has 6 nitrogen and oxygen atoms in total. The second-order valence-electron chi connectivity index (χ2n) is 3.67. The van der Waals surface area contributed by atoms with Crippen LogP contribution in [0.4, 0.5) is 5.69 Å². The van der Waals surface area contributed by atoms with Crippen LogP contribution in [0.15, 0.2) is 18.2 Å². The predicted molar refractivity (Wildman–Crippen MR) is 70.4 cm³/mol. The Labute approximate surface area is 112 Å². The first-order valence-electron chi connectivity index (χ1n) is 5.87. The molecule has 6 heteroatoms. The zero-order valence-electron chi connectivity index (χ0n) is 11.2. The maximum atomic E-state index is 11.6. The van der Waals surface area contributed by atoms with Crippen LogP contribution in [0.2, 0.25) is 0 Å². The molecule has 106 valence electrons. The van der Waals surface area contributed by atoms with Crippen LogP contribution in [-0.2, 0) is 14.2 Å². The number of methoxy groups -OCH3 is 2. The molecule has 0 spiro atoms. The number of carbonyl (C=O) groups excluding carboxylic acids is 1. The number of benzene rings is 1. The summed E-state index contributed by atoms with van der Waals surface area (Å²) in [4.78, 5) is 11.6. The monoisotopic (exact) mass is 269 g/mol. The van der Waals surface area contributed by atoms with Crippen LogP contribution in [0.5, 0.6) is 5.75 Å². The Kier molecular flexibility index (Phi) is 6.70. The molecule has 2 N–H and O–H groups in total. The van der Waals surface area contributed by atoms with E-state index in [9.17, 15) is 4.79 Å². The summed E-state index contributed by atoms with van der Waals surface area (Å²) in [5.41, 5.74) is 6.30. The molecule has 19 heavy (non-hydrogen) atoms. The van der Waals surface area contributed by atoms with E-state index in [0.717, 1.165) is 0 Å². The summed E-state index contributed by atoms with van der Waals surface area (Å²) in [5.74, 6) is -0.129. The van der Waals surface area contributed by atoms with Crippen molar-refractivity contribution in [3.8, 4) is 5.75 Å². The fraction of sp³-hybridized carbons (Fsp3) is 0.462. The predicted octanol–water partition coefficient (Wildman–Crippen LogP) is 1.10. The molecule has 0 aliphatic heterocycles. The fourth-order valence-electron chi connectivity index (χ4n) is 1.44. The molecule has 1 aromatic carbocycles. The van der Waals surface area contributed by atoms with Crippen LogP contribution in [0.1, 0.15) is 10.4 Å². The standard InChI is InChI=1S/C13H19NO5/c1-16-6-7-18-8-9-19-11-5-3-4-10(14)12(11)13(15)17-2/h3-5H,6-9,14H2,1-2H3. The van der Waals surface area contributed by atoms with Crippen molar-refractivity contribution in [1.82, 2.24) is 0 Å². The van der Waals surface area contributed by atoms with Crippen molar-refractivity contribution in [3.63, 3.8) is 0 Å². The van der Waals surface area contributed by atoms with Crippen molar-refractivity contribution < 1.29 is 23.7 Å². The number of ether oxygens (including phenoxy) is 4. The molecular formula is C13H19NO5. The molecule has 0 unspecified atom stereocenters. The lowest BCUT2D eigenvalue weighted by Gasteiger charge is -2.12. The molecule has 0 amide bonds. The van der Waals surface area contributed by atoms with Gasteiger partial charge in [-0.2, -0.15) is 0 Å². The Morgan fingerprint density at radius 3 is 2.58 bits per heavy atom. The van der Waals surface area contributed by atoms with Gasteiger partial charge < -0.3 is 24.7 Å². The van der Waals surface area contributed by atoms with E-state index in [1.807, 2.05) is 0 Å². The van der Waals surface area contributed by atoms with Gasteiger partial charge in [-0.05, 0) is 12.1 Å². The molecule has 0 aromatic heterocycles. The topological polar surface area (TPSA) is 80.0 Å². The molecule has 0 radical (unpaired) electrons. The van der Waals surface area contributed by atoms with Gasteiger partial charge in [0.15, 0.2) is 0 Å². The molecular weight excluding hydrogens is 250 g/mol. The Balaban J connectivity index is 2.53. The second-order valence-corrected chi connectivity index (χ2v) is 3.67. The Morgan fingerprint density at radius 1 is 1.16 bits per heavy atom. The van der Waals surface area contributed by atoms with Crippen LogP contribution >= 0.6 is 0 Å². The number of esters is 1. The zero-order valence-corrected chi connectivity index (χ0v) is 11.2. The first kappa shape index (κ1) is 15.3. The van der Waals surface area contributed by atoms with E-state index in [2.05, 4.69) is 4.74 Å². The van der Waals surface area contributed by atoms with Crippen molar-refractivity contribution in [2.24, 2.45) is 0 Å². The van der Waals surface area contributed by atoms with E-state index in [0.29, 0.717) is 37.9 Å². The number of nitrogens with two attached hydrogens (primary N) is 1. The summed E-state index contributed by atoms with van der Waals surface area (Å²) in [6, 6.07) is 4.99. The lowest BCUT2D eigenvalue weighted by Crippen LogP contribution is -2.13. The zero-order chi connectivity index (χ0) is 14.1. The van der Waals surface area contributed by atoms with Crippen LogP contribution in [0, 0.1) is 0 Å². The van der Waals surface area contributed by atoms with E-state index in [4.69, 9.17) is 19.9 Å². The maximum absolute atomic E-state index is 11.6. The summed E-state index contributed by atoms with van der Waals surface area (Å²) in [6.45, 7) is 1.75. The van der Waals surface area contributed by atoms with E-state index in [-0.39, 0.29) is 5.56 Å². The van der Waals surface area contributed by atoms with Crippen molar-refractivity contribution in [1.29, 1.82) is 0 Å². The van der Waals surface area contributed by atoms with Gasteiger partial charge in [0.25, 0.3) is 0 Å².